The molecule has 0 saturated carbocycles. The van der Waals surface area contributed by atoms with E-state index in [1.54, 1.807) is 25.2 Å². The van der Waals surface area contributed by atoms with E-state index in [2.05, 4.69) is 16.0 Å². The highest BCUT2D eigenvalue weighted by Crippen LogP contribution is 2.18. The molecule has 1 rings (SSSR count). The summed E-state index contributed by atoms with van der Waals surface area (Å²) in [6.45, 7) is 6.01. The molecule has 100 valence electrons. The van der Waals surface area contributed by atoms with Crippen molar-refractivity contribution in [1.82, 2.24) is 16.0 Å². The first kappa shape index (κ1) is 14.7. The molecule has 1 heterocycles. The molecule has 1 aromatic rings. The van der Waals surface area contributed by atoms with Crippen molar-refractivity contribution >= 4 is 23.3 Å². The van der Waals surface area contributed by atoms with Crippen molar-refractivity contribution in [3.63, 3.8) is 0 Å². The number of hydrogen-bond donors (Lipinski definition) is 3. The summed E-state index contributed by atoms with van der Waals surface area (Å²) in [5.74, 6) is -0.329. The topological polar surface area (TPSA) is 70.2 Å². The standard InChI is InChI=1S/C12H19N3O2S/c1-4-13-12(17)15-11(16)9(3)14-8(2)10-6-5-7-18-10/h5-9,14H,4H2,1-3H3,(H2,13,15,16,17). The lowest BCUT2D eigenvalue weighted by Gasteiger charge is -2.18. The Hall–Kier alpha value is -1.40. The molecule has 0 bridgehead atoms. The zero-order chi connectivity index (χ0) is 13.5. The molecule has 0 aliphatic carbocycles. The third-order valence-corrected chi connectivity index (χ3v) is 3.49. The number of carbonyl (C=O) groups excluding carboxylic acids is 2. The van der Waals surface area contributed by atoms with E-state index >= 15 is 0 Å². The first-order valence-electron chi connectivity index (χ1n) is 5.92. The fraction of sp³-hybridized carbons (Fsp3) is 0.500. The molecule has 3 amide bonds. The van der Waals surface area contributed by atoms with Crippen LogP contribution in [0.5, 0.6) is 0 Å². The minimum absolute atomic E-state index is 0.0833. The molecule has 0 saturated heterocycles. The van der Waals surface area contributed by atoms with Gasteiger partial charge in [-0.25, -0.2) is 4.79 Å². The van der Waals surface area contributed by atoms with Gasteiger partial charge >= 0.3 is 6.03 Å². The summed E-state index contributed by atoms with van der Waals surface area (Å²) < 4.78 is 0. The van der Waals surface area contributed by atoms with Crippen LogP contribution in [0.3, 0.4) is 0 Å². The molecule has 3 N–H and O–H groups in total. The van der Waals surface area contributed by atoms with Gasteiger partial charge in [-0.2, -0.15) is 0 Å². The van der Waals surface area contributed by atoms with Gasteiger partial charge in [0.2, 0.25) is 5.91 Å². The Morgan fingerprint density at radius 1 is 1.39 bits per heavy atom. The predicted molar refractivity (Wildman–Crippen MR) is 72.5 cm³/mol. The van der Waals surface area contributed by atoms with Crippen molar-refractivity contribution in [2.45, 2.75) is 32.9 Å². The molecule has 1 aromatic heterocycles. The average molecular weight is 269 g/mol. The van der Waals surface area contributed by atoms with E-state index in [1.807, 2.05) is 24.4 Å². The zero-order valence-electron chi connectivity index (χ0n) is 10.8. The van der Waals surface area contributed by atoms with Crippen molar-refractivity contribution in [3.05, 3.63) is 22.4 Å². The molecule has 0 fully saturated rings. The number of carbonyl (C=O) groups is 2. The normalized spacial score (nSPS) is 13.7. The second-order valence-corrected chi connectivity index (χ2v) is 4.95. The predicted octanol–water partition coefficient (Wildman–Crippen LogP) is 1.63. The first-order valence-corrected chi connectivity index (χ1v) is 6.80. The SMILES string of the molecule is CCNC(=O)NC(=O)C(C)NC(C)c1cccs1. The van der Waals surface area contributed by atoms with E-state index in [0.717, 1.165) is 4.88 Å². The van der Waals surface area contributed by atoms with E-state index in [1.165, 1.54) is 0 Å². The molecule has 6 heteroatoms. The smallest absolute Gasteiger partial charge is 0.321 e. The lowest BCUT2D eigenvalue weighted by atomic mass is 10.2. The Kier molecular flexibility index (Phi) is 5.80. The Bertz CT molecular complexity index is 392. The van der Waals surface area contributed by atoms with E-state index in [0.29, 0.717) is 6.54 Å². The highest BCUT2D eigenvalue weighted by atomic mass is 32.1. The van der Waals surface area contributed by atoms with Gasteiger partial charge in [0.1, 0.15) is 0 Å². The van der Waals surface area contributed by atoms with E-state index in [4.69, 9.17) is 0 Å². The third-order valence-electron chi connectivity index (χ3n) is 2.44. The van der Waals surface area contributed by atoms with Gasteiger partial charge in [-0.1, -0.05) is 6.07 Å². The zero-order valence-corrected chi connectivity index (χ0v) is 11.6. The summed E-state index contributed by atoms with van der Waals surface area (Å²) in [6.07, 6.45) is 0. The Morgan fingerprint density at radius 2 is 2.11 bits per heavy atom. The fourth-order valence-corrected chi connectivity index (χ4v) is 2.24. The maximum atomic E-state index is 11.7. The van der Waals surface area contributed by atoms with Crippen LogP contribution in [0.2, 0.25) is 0 Å². The van der Waals surface area contributed by atoms with Gasteiger partial charge in [-0.15, -0.1) is 11.3 Å². The van der Waals surface area contributed by atoms with Crippen LogP contribution in [0, 0.1) is 0 Å². The van der Waals surface area contributed by atoms with Crippen LogP contribution in [-0.2, 0) is 4.79 Å². The lowest BCUT2D eigenvalue weighted by molar-refractivity contribution is -0.121. The van der Waals surface area contributed by atoms with Crippen molar-refractivity contribution in [3.8, 4) is 0 Å². The Balaban J connectivity index is 2.42. The Labute approximate surface area is 111 Å². The highest BCUT2D eigenvalue weighted by Gasteiger charge is 2.18. The minimum Gasteiger partial charge on any atom is -0.338 e. The lowest BCUT2D eigenvalue weighted by Crippen LogP contribution is -2.48. The summed E-state index contributed by atoms with van der Waals surface area (Å²) >= 11 is 1.63. The number of amides is 3. The van der Waals surface area contributed by atoms with Gasteiger partial charge in [0.05, 0.1) is 6.04 Å². The van der Waals surface area contributed by atoms with Crippen LogP contribution in [0.4, 0.5) is 4.79 Å². The minimum atomic E-state index is -0.458. The average Bonchev–Trinajstić information content (AvgIpc) is 2.82. The summed E-state index contributed by atoms with van der Waals surface area (Å²) in [7, 11) is 0. The molecular weight excluding hydrogens is 250 g/mol. The monoisotopic (exact) mass is 269 g/mol. The second kappa shape index (κ2) is 7.13. The number of rotatable bonds is 5. The van der Waals surface area contributed by atoms with Gasteiger partial charge in [-0.05, 0) is 32.2 Å². The quantitative estimate of drug-likeness (QED) is 0.761. The first-order chi connectivity index (χ1) is 8.54. The molecule has 0 aliphatic heterocycles. The molecule has 0 aromatic carbocycles. The number of nitrogens with one attached hydrogen (secondary N) is 3. The van der Waals surface area contributed by atoms with Crippen LogP contribution in [0.25, 0.3) is 0 Å². The molecule has 0 spiro atoms. The van der Waals surface area contributed by atoms with E-state index < -0.39 is 12.1 Å². The molecule has 18 heavy (non-hydrogen) atoms. The van der Waals surface area contributed by atoms with E-state index in [-0.39, 0.29) is 11.9 Å². The van der Waals surface area contributed by atoms with Gasteiger partial charge in [0, 0.05) is 17.5 Å². The van der Waals surface area contributed by atoms with Crippen molar-refractivity contribution in [2.75, 3.05) is 6.54 Å². The summed E-state index contributed by atoms with van der Waals surface area (Å²) in [4.78, 5) is 24.1. The largest absolute Gasteiger partial charge is 0.338 e. The van der Waals surface area contributed by atoms with Gasteiger partial charge in [0.15, 0.2) is 0 Å². The third kappa shape index (κ3) is 4.46. The van der Waals surface area contributed by atoms with Crippen LogP contribution >= 0.6 is 11.3 Å². The molecule has 0 aliphatic rings. The maximum absolute atomic E-state index is 11.7. The molecular formula is C12H19N3O2S. The van der Waals surface area contributed by atoms with Crippen LogP contribution < -0.4 is 16.0 Å². The summed E-state index contributed by atoms with van der Waals surface area (Å²) in [5, 5.41) is 9.94. The number of thiophene rings is 1. The molecule has 2 unspecified atom stereocenters. The van der Waals surface area contributed by atoms with Crippen molar-refractivity contribution in [2.24, 2.45) is 0 Å². The maximum Gasteiger partial charge on any atom is 0.321 e. The van der Waals surface area contributed by atoms with Crippen molar-refractivity contribution in [1.29, 1.82) is 0 Å². The molecule has 0 radical (unpaired) electrons. The van der Waals surface area contributed by atoms with Crippen LogP contribution in [0.15, 0.2) is 17.5 Å². The van der Waals surface area contributed by atoms with Crippen molar-refractivity contribution < 1.29 is 9.59 Å². The second-order valence-electron chi connectivity index (χ2n) is 3.97. The molecule has 2 atom stereocenters. The highest BCUT2D eigenvalue weighted by molar-refractivity contribution is 7.10. The van der Waals surface area contributed by atoms with Gasteiger partial charge in [-0.3, -0.25) is 15.4 Å². The van der Waals surface area contributed by atoms with Gasteiger partial charge in [0.25, 0.3) is 0 Å². The summed E-state index contributed by atoms with van der Waals surface area (Å²) in [6, 6.07) is 3.18. The van der Waals surface area contributed by atoms with E-state index in [9.17, 15) is 9.59 Å². The number of imide groups is 1. The van der Waals surface area contributed by atoms with Crippen LogP contribution in [-0.4, -0.2) is 24.5 Å². The number of hydrogen-bond acceptors (Lipinski definition) is 4. The van der Waals surface area contributed by atoms with Gasteiger partial charge < -0.3 is 5.32 Å². The molecule has 5 nitrogen and oxygen atoms in total. The van der Waals surface area contributed by atoms with Crippen LogP contribution in [0.1, 0.15) is 31.7 Å². The fourth-order valence-electron chi connectivity index (χ4n) is 1.50. The number of urea groups is 1. The Morgan fingerprint density at radius 3 is 2.67 bits per heavy atom. The summed E-state index contributed by atoms with van der Waals surface area (Å²) in [5.41, 5.74) is 0.